The zero-order chi connectivity index (χ0) is 42.5. The van der Waals surface area contributed by atoms with Gasteiger partial charge in [-0.1, -0.05) is 120 Å². The molecule has 4 aliphatic heterocycles. The maximum absolute atomic E-state index is 2.61. The van der Waals surface area contributed by atoms with E-state index in [2.05, 4.69) is 228 Å². The molecule has 0 atom stereocenters. The van der Waals surface area contributed by atoms with Crippen molar-refractivity contribution in [2.45, 2.75) is 39.5 Å². The van der Waals surface area contributed by atoms with E-state index in [1.165, 1.54) is 101 Å². The maximum atomic E-state index is 2.61. The van der Waals surface area contributed by atoms with Gasteiger partial charge in [-0.15, -0.1) is 0 Å². The highest BCUT2D eigenvalue weighted by molar-refractivity contribution is 5.98. The summed E-state index contributed by atoms with van der Waals surface area (Å²) < 4.78 is 0. The number of fused-ring (bicyclic) bond motifs is 8. The van der Waals surface area contributed by atoms with Crippen LogP contribution in [0.15, 0.2) is 194 Å². The van der Waals surface area contributed by atoms with Gasteiger partial charge in [-0.3, -0.25) is 0 Å². The molecule has 0 saturated heterocycles. The molecule has 4 aliphatic rings. The van der Waals surface area contributed by atoms with Crippen LogP contribution in [0.1, 0.15) is 55.6 Å². The number of rotatable bonds is 6. The van der Waals surface area contributed by atoms with Crippen molar-refractivity contribution in [2.24, 2.45) is 0 Å². The van der Waals surface area contributed by atoms with Crippen LogP contribution in [0.3, 0.4) is 0 Å². The lowest BCUT2D eigenvalue weighted by molar-refractivity contribution is 0.978. The van der Waals surface area contributed by atoms with Gasteiger partial charge in [-0.05, 0) is 132 Å². The van der Waals surface area contributed by atoms with Gasteiger partial charge in [0.15, 0.2) is 0 Å². The lowest BCUT2D eigenvalue weighted by atomic mass is 9.81. The van der Waals surface area contributed by atoms with Gasteiger partial charge in [-0.2, -0.15) is 0 Å². The minimum absolute atomic E-state index is 0.865. The molecule has 306 valence electrons. The molecule has 0 bridgehead atoms. The third kappa shape index (κ3) is 5.68. The van der Waals surface area contributed by atoms with Crippen LogP contribution in [0.5, 0.6) is 0 Å². The fraction of sp³-hybridized carbons (Fsp3) is 0.100. The van der Waals surface area contributed by atoms with Crippen LogP contribution in [-0.2, 0) is 25.7 Å². The van der Waals surface area contributed by atoms with Crippen LogP contribution in [-0.4, -0.2) is 0 Å². The second-order valence-electron chi connectivity index (χ2n) is 17.9. The Balaban J connectivity index is 0.991. The van der Waals surface area contributed by atoms with Gasteiger partial charge in [0, 0.05) is 70.9 Å². The molecular formula is C60H46N4. The average Bonchev–Trinajstić information content (AvgIpc) is 3.34. The minimum atomic E-state index is 0.865. The van der Waals surface area contributed by atoms with Gasteiger partial charge < -0.3 is 19.6 Å². The van der Waals surface area contributed by atoms with Gasteiger partial charge in [0.2, 0.25) is 0 Å². The summed E-state index contributed by atoms with van der Waals surface area (Å²) in [7, 11) is 0. The maximum Gasteiger partial charge on any atom is 0.0553 e. The Morgan fingerprint density at radius 1 is 0.312 bits per heavy atom. The quantitative estimate of drug-likeness (QED) is 0.166. The third-order valence-corrected chi connectivity index (χ3v) is 13.9. The summed E-state index contributed by atoms with van der Waals surface area (Å²) in [5.74, 6) is 0. The Morgan fingerprint density at radius 2 is 0.688 bits per heavy atom. The molecular weight excluding hydrogens is 777 g/mol. The average molecular weight is 823 g/mol. The predicted molar refractivity (Wildman–Crippen MR) is 266 cm³/mol. The summed E-state index contributed by atoms with van der Waals surface area (Å²) in [6.45, 7) is 4.32. The Kier molecular flexibility index (Phi) is 8.26. The van der Waals surface area contributed by atoms with Crippen molar-refractivity contribution in [3.8, 4) is 0 Å². The van der Waals surface area contributed by atoms with Crippen molar-refractivity contribution in [3.63, 3.8) is 0 Å². The molecule has 4 heteroatoms. The van der Waals surface area contributed by atoms with Crippen molar-refractivity contribution in [3.05, 3.63) is 250 Å². The van der Waals surface area contributed by atoms with Crippen molar-refractivity contribution in [1.29, 1.82) is 0 Å². The summed E-state index contributed by atoms with van der Waals surface area (Å²) in [6.07, 6.45) is 3.47. The number of aryl methyl sites for hydroxylation is 2. The smallest absolute Gasteiger partial charge is 0.0553 e. The molecule has 64 heavy (non-hydrogen) atoms. The Hall–Kier alpha value is -7.82. The molecule has 9 aromatic rings. The Labute approximate surface area is 375 Å². The normalized spacial score (nSPS) is 13.5. The summed E-state index contributed by atoms with van der Waals surface area (Å²) in [6, 6.07) is 72.4. The molecule has 0 fully saturated rings. The fourth-order valence-electron chi connectivity index (χ4n) is 11.0. The molecule has 4 nitrogen and oxygen atoms in total. The van der Waals surface area contributed by atoms with E-state index in [-0.39, 0.29) is 0 Å². The standard InChI is InChI=1S/C60H46N4/c1-39-21-27-49(28-22-39)61(47-15-5-3-6-16-47)55-31-25-43-33-45-38-58-46(37-57(45)63-53-19-11-9-13-41(53)35-51(55)59(43)63)34-44-26-32-56(52-36-42-14-10-12-20-54(42)64(58)60(44)52)62(48-17-7-4-8-18-48)50-29-23-40(2)24-30-50/h3-32,37-38H,33-36H2,1-2H3. The highest BCUT2D eigenvalue weighted by atomic mass is 15.2. The molecule has 13 rings (SSSR count). The van der Waals surface area contributed by atoms with Crippen LogP contribution >= 0.6 is 0 Å². The van der Waals surface area contributed by atoms with Gasteiger partial charge in [0.05, 0.1) is 34.1 Å². The first-order valence-electron chi connectivity index (χ1n) is 22.6. The molecule has 0 N–H and O–H groups in total. The molecule has 0 aliphatic carbocycles. The molecule has 0 radical (unpaired) electrons. The van der Waals surface area contributed by atoms with Crippen LogP contribution < -0.4 is 19.6 Å². The molecule has 4 heterocycles. The largest absolute Gasteiger partial charge is 0.310 e. The molecule has 0 amide bonds. The van der Waals surface area contributed by atoms with E-state index in [9.17, 15) is 0 Å². The highest BCUT2D eigenvalue weighted by Gasteiger charge is 2.39. The number of nitrogens with zero attached hydrogens (tertiary/aromatic N) is 4. The molecule has 0 spiro atoms. The number of anilines is 12. The van der Waals surface area contributed by atoms with E-state index in [1.54, 1.807) is 0 Å². The molecule has 0 saturated carbocycles. The van der Waals surface area contributed by atoms with Gasteiger partial charge in [0.1, 0.15) is 0 Å². The zero-order valence-corrected chi connectivity index (χ0v) is 36.1. The summed E-state index contributed by atoms with van der Waals surface area (Å²) >= 11 is 0. The lowest BCUT2D eigenvalue weighted by Crippen LogP contribution is -2.29. The van der Waals surface area contributed by atoms with Crippen molar-refractivity contribution in [2.75, 3.05) is 19.6 Å². The van der Waals surface area contributed by atoms with Crippen LogP contribution in [0, 0.1) is 13.8 Å². The first-order valence-corrected chi connectivity index (χ1v) is 22.6. The van der Waals surface area contributed by atoms with Crippen molar-refractivity contribution in [1.82, 2.24) is 0 Å². The SMILES string of the molecule is Cc1ccc(N(c2ccccc2)c2ccc3c4c2Cc2ccccc2N4c2cc4c(cc2C3)N2c3ccccc3Cc3c(N(c5ccccc5)c5ccc(C)cc5)ccc(c32)C4)cc1. The van der Waals surface area contributed by atoms with E-state index >= 15 is 0 Å². The first kappa shape index (κ1) is 36.8. The van der Waals surface area contributed by atoms with Crippen molar-refractivity contribution >= 4 is 68.2 Å². The zero-order valence-electron chi connectivity index (χ0n) is 36.1. The van der Waals surface area contributed by atoms with E-state index in [1.807, 2.05) is 0 Å². The fourth-order valence-corrected chi connectivity index (χ4v) is 11.0. The number of para-hydroxylation sites is 4. The third-order valence-electron chi connectivity index (χ3n) is 13.9. The molecule has 0 unspecified atom stereocenters. The molecule has 9 aromatic carbocycles. The van der Waals surface area contributed by atoms with Gasteiger partial charge >= 0.3 is 0 Å². The topological polar surface area (TPSA) is 13.0 Å². The Morgan fingerprint density at radius 3 is 1.11 bits per heavy atom. The van der Waals surface area contributed by atoms with E-state index in [4.69, 9.17) is 0 Å². The van der Waals surface area contributed by atoms with Crippen LogP contribution in [0.2, 0.25) is 0 Å². The summed E-state index contributed by atoms with van der Waals surface area (Å²) in [5, 5.41) is 0. The van der Waals surface area contributed by atoms with E-state index in [0.717, 1.165) is 48.4 Å². The van der Waals surface area contributed by atoms with Crippen LogP contribution in [0.4, 0.5) is 68.2 Å². The monoisotopic (exact) mass is 822 g/mol. The first-order chi connectivity index (χ1) is 31.6. The summed E-state index contributed by atoms with van der Waals surface area (Å²) in [4.78, 5) is 10.1. The van der Waals surface area contributed by atoms with E-state index in [0.29, 0.717) is 0 Å². The second kappa shape index (κ2) is 14.4. The second-order valence-corrected chi connectivity index (χ2v) is 17.9. The predicted octanol–water partition coefficient (Wildman–Crippen LogP) is 15.8. The lowest BCUT2D eigenvalue weighted by Gasteiger charge is -2.44. The minimum Gasteiger partial charge on any atom is -0.310 e. The van der Waals surface area contributed by atoms with E-state index < -0.39 is 0 Å². The number of benzene rings is 9. The Bertz CT molecular complexity index is 3080. The number of hydrogen-bond donors (Lipinski definition) is 0. The van der Waals surface area contributed by atoms with Gasteiger partial charge in [0.25, 0.3) is 0 Å². The van der Waals surface area contributed by atoms with Gasteiger partial charge in [-0.25, -0.2) is 0 Å². The highest BCUT2D eigenvalue weighted by Crippen LogP contribution is 2.58. The van der Waals surface area contributed by atoms with Crippen LogP contribution in [0.25, 0.3) is 0 Å². The van der Waals surface area contributed by atoms with Crippen molar-refractivity contribution < 1.29 is 0 Å². The molecule has 0 aromatic heterocycles. The summed E-state index contributed by atoms with van der Waals surface area (Å²) in [5.41, 5.74) is 28.3. The number of hydrogen-bond acceptors (Lipinski definition) is 4.